The third-order valence-corrected chi connectivity index (χ3v) is 4.55. The van der Waals surface area contributed by atoms with E-state index in [1.165, 1.54) is 13.8 Å². The second-order valence-electron chi connectivity index (χ2n) is 6.49. The Kier molecular flexibility index (Phi) is 5.49. The van der Waals surface area contributed by atoms with Gasteiger partial charge in [0.25, 0.3) is 5.91 Å². The zero-order chi connectivity index (χ0) is 19.4. The molecule has 0 bridgehead atoms. The van der Waals surface area contributed by atoms with E-state index >= 15 is 0 Å². The number of aromatic nitrogens is 1. The van der Waals surface area contributed by atoms with Gasteiger partial charge in [-0.05, 0) is 31.2 Å². The first-order chi connectivity index (χ1) is 12.9. The molecule has 1 N–H and O–H groups in total. The molecule has 1 aromatic heterocycles. The van der Waals surface area contributed by atoms with Crippen LogP contribution in [0.1, 0.15) is 34.7 Å². The first kappa shape index (κ1) is 18.6. The Hall–Kier alpha value is -3.22. The van der Waals surface area contributed by atoms with Gasteiger partial charge in [0.1, 0.15) is 5.69 Å². The molecule has 0 spiro atoms. The number of piperazine rings is 1. The van der Waals surface area contributed by atoms with Crippen molar-refractivity contribution in [1.29, 1.82) is 0 Å². The Balaban J connectivity index is 1.63. The Bertz CT molecular complexity index is 856. The average molecular weight is 366 g/mol. The van der Waals surface area contributed by atoms with Crippen LogP contribution < -0.4 is 5.32 Å². The summed E-state index contributed by atoms with van der Waals surface area (Å²) in [6.45, 7) is 5.18. The number of benzene rings is 1. The van der Waals surface area contributed by atoms with Gasteiger partial charge in [0.15, 0.2) is 5.78 Å². The molecule has 1 saturated heterocycles. The normalized spacial score (nSPS) is 14.0. The molecule has 1 aliphatic rings. The molecule has 2 amide bonds. The zero-order valence-corrected chi connectivity index (χ0v) is 15.4. The third-order valence-electron chi connectivity index (χ3n) is 4.55. The second-order valence-corrected chi connectivity index (χ2v) is 6.49. The molecule has 0 atom stereocenters. The fraction of sp³-hybridized carbons (Fsp3) is 0.300. The van der Waals surface area contributed by atoms with E-state index in [1.807, 2.05) is 12.1 Å². The molecule has 2 aromatic rings. The summed E-state index contributed by atoms with van der Waals surface area (Å²) in [6, 6.07) is 10.7. The SMILES string of the molecule is CC(=O)c1cccc(Nc2ccc(C(=O)N3CCN(C(C)=O)CC3)nc2)c1. The van der Waals surface area contributed by atoms with E-state index < -0.39 is 0 Å². The van der Waals surface area contributed by atoms with Crippen LogP contribution in [0.15, 0.2) is 42.6 Å². The number of ketones is 1. The Labute approximate surface area is 158 Å². The number of nitrogens with zero attached hydrogens (tertiary/aromatic N) is 3. The molecule has 140 valence electrons. The van der Waals surface area contributed by atoms with E-state index in [4.69, 9.17) is 0 Å². The van der Waals surface area contributed by atoms with Gasteiger partial charge in [-0.1, -0.05) is 12.1 Å². The van der Waals surface area contributed by atoms with E-state index in [2.05, 4.69) is 10.3 Å². The van der Waals surface area contributed by atoms with Gasteiger partial charge in [0.05, 0.1) is 11.9 Å². The number of carbonyl (C=O) groups excluding carboxylic acids is 3. The summed E-state index contributed by atoms with van der Waals surface area (Å²) in [4.78, 5) is 43.1. The molecule has 0 saturated carbocycles. The highest BCUT2D eigenvalue weighted by Gasteiger charge is 2.23. The number of hydrogen-bond acceptors (Lipinski definition) is 5. The molecular formula is C20H22N4O3. The van der Waals surface area contributed by atoms with Crippen LogP contribution >= 0.6 is 0 Å². The number of nitrogens with one attached hydrogen (secondary N) is 1. The minimum atomic E-state index is -0.136. The first-order valence-electron chi connectivity index (χ1n) is 8.83. The zero-order valence-electron chi connectivity index (χ0n) is 15.4. The van der Waals surface area contributed by atoms with Gasteiger partial charge >= 0.3 is 0 Å². The summed E-state index contributed by atoms with van der Waals surface area (Å²) in [7, 11) is 0. The van der Waals surface area contributed by atoms with Crippen LogP contribution in [0, 0.1) is 0 Å². The smallest absolute Gasteiger partial charge is 0.272 e. The molecular weight excluding hydrogens is 344 g/mol. The highest BCUT2D eigenvalue weighted by atomic mass is 16.2. The molecule has 7 heteroatoms. The van der Waals surface area contributed by atoms with Gasteiger partial charge < -0.3 is 15.1 Å². The van der Waals surface area contributed by atoms with Crippen LogP contribution in [-0.4, -0.2) is 58.6 Å². The van der Waals surface area contributed by atoms with Crippen LogP contribution in [0.25, 0.3) is 0 Å². The van der Waals surface area contributed by atoms with Gasteiger partial charge in [0.2, 0.25) is 5.91 Å². The topological polar surface area (TPSA) is 82.6 Å². The Morgan fingerprint density at radius 1 is 0.926 bits per heavy atom. The predicted octanol–water partition coefficient (Wildman–Crippen LogP) is 2.33. The lowest BCUT2D eigenvalue weighted by atomic mass is 10.1. The number of amides is 2. The molecule has 0 aliphatic carbocycles. The summed E-state index contributed by atoms with van der Waals surface area (Å²) in [5.74, 6) is -0.101. The standard InChI is InChI=1S/C20H22N4O3/c1-14(25)16-4-3-5-17(12-16)22-18-6-7-19(21-13-18)20(27)24-10-8-23(9-11-24)15(2)26/h3-7,12-13,22H,8-11H2,1-2H3. The summed E-state index contributed by atoms with van der Waals surface area (Å²) in [5.41, 5.74) is 2.51. The monoisotopic (exact) mass is 366 g/mol. The van der Waals surface area contributed by atoms with E-state index in [9.17, 15) is 14.4 Å². The van der Waals surface area contributed by atoms with Crippen LogP contribution in [0.2, 0.25) is 0 Å². The third kappa shape index (κ3) is 4.49. The highest BCUT2D eigenvalue weighted by molar-refractivity contribution is 5.95. The van der Waals surface area contributed by atoms with Crippen molar-refractivity contribution in [3.8, 4) is 0 Å². The van der Waals surface area contributed by atoms with Gasteiger partial charge in [0, 0.05) is 44.4 Å². The maximum Gasteiger partial charge on any atom is 0.272 e. The van der Waals surface area contributed by atoms with Crippen LogP contribution in [0.5, 0.6) is 0 Å². The molecule has 2 heterocycles. The van der Waals surface area contributed by atoms with E-state index in [0.717, 1.165) is 11.4 Å². The van der Waals surface area contributed by atoms with Gasteiger partial charge in [-0.25, -0.2) is 4.98 Å². The number of anilines is 2. The summed E-state index contributed by atoms with van der Waals surface area (Å²) >= 11 is 0. The van der Waals surface area contributed by atoms with E-state index in [0.29, 0.717) is 37.4 Å². The van der Waals surface area contributed by atoms with Gasteiger partial charge in [-0.15, -0.1) is 0 Å². The maximum absolute atomic E-state index is 12.6. The van der Waals surface area contributed by atoms with Crippen LogP contribution in [-0.2, 0) is 4.79 Å². The fourth-order valence-electron chi connectivity index (χ4n) is 2.96. The lowest BCUT2D eigenvalue weighted by Gasteiger charge is -2.34. The molecule has 3 rings (SSSR count). The molecule has 0 unspecified atom stereocenters. The van der Waals surface area contributed by atoms with Gasteiger partial charge in [-0.2, -0.15) is 0 Å². The Morgan fingerprint density at radius 3 is 2.22 bits per heavy atom. The van der Waals surface area contributed by atoms with Crippen molar-refractivity contribution >= 4 is 29.0 Å². The van der Waals surface area contributed by atoms with Gasteiger partial charge in [-0.3, -0.25) is 14.4 Å². The molecule has 27 heavy (non-hydrogen) atoms. The molecule has 1 aliphatic heterocycles. The molecule has 7 nitrogen and oxygen atoms in total. The van der Waals surface area contributed by atoms with Crippen molar-refractivity contribution in [1.82, 2.24) is 14.8 Å². The number of rotatable bonds is 4. The predicted molar refractivity (Wildman–Crippen MR) is 102 cm³/mol. The quantitative estimate of drug-likeness (QED) is 0.840. The number of carbonyl (C=O) groups is 3. The van der Waals surface area contributed by atoms with Crippen molar-refractivity contribution in [3.63, 3.8) is 0 Å². The summed E-state index contributed by atoms with van der Waals surface area (Å²) < 4.78 is 0. The minimum Gasteiger partial charge on any atom is -0.354 e. The lowest BCUT2D eigenvalue weighted by molar-refractivity contribution is -0.130. The number of pyridine rings is 1. The number of Topliss-reactive ketones (excluding diaryl/α,β-unsaturated/α-hetero) is 1. The van der Waals surface area contributed by atoms with Crippen molar-refractivity contribution in [2.45, 2.75) is 13.8 Å². The molecule has 0 radical (unpaired) electrons. The largest absolute Gasteiger partial charge is 0.354 e. The molecule has 1 fully saturated rings. The van der Waals surface area contributed by atoms with E-state index in [-0.39, 0.29) is 17.6 Å². The van der Waals surface area contributed by atoms with Crippen LogP contribution in [0.4, 0.5) is 11.4 Å². The molecule has 1 aromatic carbocycles. The Morgan fingerprint density at radius 2 is 1.63 bits per heavy atom. The van der Waals surface area contributed by atoms with Crippen molar-refractivity contribution in [2.24, 2.45) is 0 Å². The van der Waals surface area contributed by atoms with Crippen molar-refractivity contribution in [2.75, 3.05) is 31.5 Å². The summed E-state index contributed by atoms with van der Waals surface area (Å²) in [5, 5.41) is 3.18. The lowest BCUT2D eigenvalue weighted by Crippen LogP contribution is -2.50. The second kappa shape index (κ2) is 7.99. The summed E-state index contributed by atoms with van der Waals surface area (Å²) in [6.07, 6.45) is 1.60. The number of hydrogen-bond donors (Lipinski definition) is 1. The van der Waals surface area contributed by atoms with E-state index in [1.54, 1.807) is 40.3 Å². The fourth-order valence-corrected chi connectivity index (χ4v) is 2.96. The van der Waals surface area contributed by atoms with Crippen LogP contribution in [0.3, 0.4) is 0 Å². The highest BCUT2D eigenvalue weighted by Crippen LogP contribution is 2.18. The van der Waals surface area contributed by atoms with Crippen molar-refractivity contribution < 1.29 is 14.4 Å². The minimum absolute atomic E-state index is 0.00240. The maximum atomic E-state index is 12.6. The average Bonchev–Trinajstić information content (AvgIpc) is 2.68. The first-order valence-corrected chi connectivity index (χ1v) is 8.83. The van der Waals surface area contributed by atoms with Crippen molar-refractivity contribution in [3.05, 3.63) is 53.9 Å².